The summed E-state index contributed by atoms with van der Waals surface area (Å²) in [7, 11) is 0. The number of rotatable bonds is 6. The molecule has 3 atom stereocenters. The third-order valence-corrected chi connectivity index (χ3v) is 7.54. The Morgan fingerprint density at radius 1 is 1.32 bits per heavy atom. The summed E-state index contributed by atoms with van der Waals surface area (Å²) in [4.78, 5) is 24.4. The molecule has 2 fully saturated rings. The minimum atomic E-state index is -2.96. The summed E-state index contributed by atoms with van der Waals surface area (Å²) in [6, 6.07) is 2.31. The number of piperazine rings is 1. The summed E-state index contributed by atoms with van der Waals surface area (Å²) >= 11 is 0. The van der Waals surface area contributed by atoms with Gasteiger partial charge in [-0.1, -0.05) is 20.8 Å². The minimum Gasteiger partial charge on any atom is -0.379 e. The van der Waals surface area contributed by atoms with E-state index in [1.807, 2.05) is 13.8 Å². The number of carbonyl (C=O) groups is 1. The van der Waals surface area contributed by atoms with Crippen LogP contribution in [0.15, 0.2) is 12.3 Å². The fourth-order valence-electron chi connectivity index (χ4n) is 5.33. The van der Waals surface area contributed by atoms with Gasteiger partial charge in [0.2, 0.25) is 5.91 Å². The average Bonchev–Trinajstić information content (AvgIpc) is 3.07. The van der Waals surface area contributed by atoms with Crippen LogP contribution in [-0.4, -0.2) is 91.3 Å². The summed E-state index contributed by atoms with van der Waals surface area (Å²) in [5, 5.41) is 3.55. The van der Waals surface area contributed by atoms with Crippen molar-refractivity contribution in [2.45, 2.75) is 70.5 Å². The zero-order valence-electron chi connectivity index (χ0n) is 21.1. The zero-order valence-corrected chi connectivity index (χ0v) is 21.1. The second-order valence-electron chi connectivity index (χ2n) is 10.8. The van der Waals surface area contributed by atoms with Crippen molar-refractivity contribution in [2.75, 3.05) is 57.4 Å². The topological polar surface area (TPSA) is 60.9 Å². The second-order valence-corrected chi connectivity index (χ2v) is 10.8. The molecule has 3 aliphatic rings. The van der Waals surface area contributed by atoms with Gasteiger partial charge in [0, 0.05) is 74.4 Å². The SMILES string of the molecule is CCC(F)(F)c1cnc2c(c1)N(C(=O)CN1C[C@@H](C)NC[C@@H]1CN1CCOC[C@H]1C)CC2(C)C. The van der Waals surface area contributed by atoms with Crippen LogP contribution in [0.25, 0.3) is 0 Å². The number of anilines is 1. The van der Waals surface area contributed by atoms with Gasteiger partial charge in [0.1, 0.15) is 0 Å². The molecule has 0 aliphatic carbocycles. The molecule has 0 spiro atoms. The van der Waals surface area contributed by atoms with Crippen molar-refractivity contribution < 1.29 is 18.3 Å². The summed E-state index contributed by atoms with van der Waals surface area (Å²) in [6.45, 7) is 15.3. The van der Waals surface area contributed by atoms with Crippen LogP contribution in [-0.2, 0) is 20.9 Å². The molecule has 0 bridgehead atoms. The van der Waals surface area contributed by atoms with Gasteiger partial charge in [-0.05, 0) is 19.9 Å². The predicted octanol–water partition coefficient (Wildman–Crippen LogP) is 2.59. The maximum atomic E-state index is 14.4. The van der Waals surface area contributed by atoms with Gasteiger partial charge >= 0.3 is 0 Å². The lowest BCUT2D eigenvalue weighted by Crippen LogP contribution is -2.62. The van der Waals surface area contributed by atoms with Crippen LogP contribution in [0.1, 0.15) is 52.3 Å². The Morgan fingerprint density at radius 3 is 2.79 bits per heavy atom. The fraction of sp³-hybridized carbons (Fsp3) is 0.760. The molecule has 0 saturated carbocycles. The second kappa shape index (κ2) is 9.76. The van der Waals surface area contributed by atoms with E-state index in [4.69, 9.17) is 4.74 Å². The molecule has 0 unspecified atom stereocenters. The van der Waals surface area contributed by atoms with E-state index in [1.54, 1.807) is 4.90 Å². The summed E-state index contributed by atoms with van der Waals surface area (Å²) in [6.07, 6.45) is 0.973. The number of aromatic nitrogens is 1. The smallest absolute Gasteiger partial charge is 0.274 e. The van der Waals surface area contributed by atoms with Crippen LogP contribution in [0.3, 0.4) is 0 Å². The Balaban J connectivity index is 1.53. The molecule has 7 nitrogen and oxygen atoms in total. The van der Waals surface area contributed by atoms with E-state index in [-0.39, 0.29) is 41.9 Å². The van der Waals surface area contributed by atoms with Crippen LogP contribution in [0.5, 0.6) is 0 Å². The third kappa shape index (κ3) is 5.12. The van der Waals surface area contributed by atoms with Gasteiger partial charge in [0.05, 0.1) is 31.1 Å². The third-order valence-electron chi connectivity index (χ3n) is 7.54. The van der Waals surface area contributed by atoms with Crippen LogP contribution in [0.4, 0.5) is 14.5 Å². The number of hydrogen-bond acceptors (Lipinski definition) is 6. The average molecular weight is 480 g/mol. The lowest BCUT2D eigenvalue weighted by atomic mass is 9.91. The van der Waals surface area contributed by atoms with Crippen molar-refractivity contribution >= 4 is 11.6 Å². The standard InChI is InChI=1S/C25H39F2N5O2/c1-6-25(26,27)19-9-21-23(29-10-19)24(4,5)16-32(21)22(33)14-31-12-17(2)28-11-20(31)13-30-7-8-34-15-18(30)3/h9-10,17-18,20,28H,6-8,11-16H2,1-5H3/t17-,18-,20-/m1/s1. The largest absolute Gasteiger partial charge is 0.379 e. The first-order valence-electron chi connectivity index (χ1n) is 12.5. The Hall–Kier alpha value is -1.68. The molecule has 0 radical (unpaired) electrons. The molecule has 190 valence electrons. The number of fused-ring (bicyclic) bond motifs is 1. The molecule has 2 saturated heterocycles. The first kappa shape index (κ1) is 25.4. The van der Waals surface area contributed by atoms with Crippen molar-refractivity contribution in [3.8, 4) is 0 Å². The lowest BCUT2D eigenvalue weighted by molar-refractivity contribution is -0.121. The van der Waals surface area contributed by atoms with Gasteiger partial charge in [-0.3, -0.25) is 19.6 Å². The molecule has 1 amide bonds. The predicted molar refractivity (Wildman–Crippen MR) is 128 cm³/mol. The molecule has 0 aromatic carbocycles. The fourth-order valence-corrected chi connectivity index (χ4v) is 5.33. The number of ether oxygens (including phenoxy) is 1. The molecular formula is C25H39F2N5O2. The van der Waals surface area contributed by atoms with Crippen LogP contribution >= 0.6 is 0 Å². The number of morpholine rings is 1. The maximum Gasteiger partial charge on any atom is 0.274 e. The summed E-state index contributed by atoms with van der Waals surface area (Å²) in [5.41, 5.74) is 0.731. The van der Waals surface area contributed by atoms with E-state index in [2.05, 4.69) is 33.9 Å². The highest BCUT2D eigenvalue weighted by molar-refractivity contribution is 5.97. The van der Waals surface area contributed by atoms with Crippen LogP contribution in [0.2, 0.25) is 0 Å². The monoisotopic (exact) mass is 479 g/mol. The Bertz CT molecular complexity index is 896. The Morgan fingerprint density at radius 2 is 2.09 bits per heavy atom. The Labute approximate surface area is 201 Å². The van der Waals surface area contributed by atoms with Crippen molar-refractivity contribution in [1.29, 1.82) is 0 Å². The van der Waals surface area contributed by atoms with Crippen LogP contribution in [0, 0.1) is 0 Å². The Kier molecular flexibility index (Phi) is 7.29. The molecule has 4 heterocycles. The number of nitrogens with one attached hydrogen (secondary N) is 1. The van der Waals surface area contributed by atoms with E-state index in [0.717, 1.165) is 39.4 Å². The van der Waals surface area contributed by atoms with Gasteiger partial charge in [0.25, 0.3) is 5.92 Å². The molecule has 9 heteroatoms. The van der Waals surface area contributed by atoms with E-state index in [9.17, 15) is 13.6 Å². The molecular weight excluding hydrogens is 440 g/mol. The number of nitrogens with zero attached hydrogens (tertiary/aromatic N) is 4. The highest BCUT2D eigenvalue weighted by Gasteiger charge is 2.42. The number of pyridine rings is 1. The quantitative estimate of drug-likeness (QED) is 0.677. The van der Waals surface area contributed by atoms with Crippen LogP contribution < -0.4 is 10.2 Å². The molecule has 4 rings (SSSR count). The van der Waals surface area contributed by atoms with Gasteiger partial charge < -0.3 is 15.0 Å². The van der Waals surface area contributed by atoms with Crippen molar-refractivity contribution in [3.63, 3.8) is 0 Å². The normalized spacial score (nSPS) is 28.2. The molecule has 34 heavy (non-hydrogen) atoms. The highest BCUT2D eigenvalue weighted by Crippen LogP contribution is 2.42. The molecule has 1 aromatic rings. The molecule has 1 N–H and O–H groups in total. The van der Waals surface area contributed by atoms with Gasteiger partial charge in [-0.25, -0.2) is 8.78 Å². The summed E-state index contributed by atoms with van der Waals surface area (Å²) in [5.74, 6) is -3.02. The number of hydrogen-bond donors (Lipinski definition) is 1. The van der Waals surface area contributed by atoms with E-state index in [0.29, 0.717) is 24.0 Å². The van der Waals surface area contributed by atoms with E-state index in [1.165, 1.54) is 19.2 Å². The number of alkyl halides is 2. The van der Waals surface area contributed by atoms with E-state index < -0.39 is 5.92 Å². The maximum absolute atomic E-state index is 14.4. The van der Waals surface area contributed by atoms with E-state index >= 15 is 0 Å². The van der Waals surface area contributed by atoms with Crippen molar-refractivity contribution in [2.24, 2.45) is 0 Å². The van der Waals surface area contributed by atoms with Crippen molar-refractivity contribution in [3.05, 3.63) is 23.5 Å². The zero-order chi connectivity index (χ0) is 24.7. The minimum absolute atomic E-state index is 0.0558. The number of carbonyl (C=O) groups excluding carboxylic acids is 1. The van der Waals surface area contributed by atoms with Gasteiger partial charge in [-0.15, -0.1) is 0 Å². The number of halogens is 2. The van der Waals surface area contributed by atoms with Gasteiger partial charge in [-0.2, -0.15) is 0 Å². The van der Waals surface area contributed by atoms with Crippen molar-refractivity contribution in [1.82, 2.24) is 20.1 Å². The highest BCUT2D eigenvalue weighted by atomic mass is 19.3. The first-order valence-corrected chi connectivity index (χ1v) is 12.5. The molecule has 3 aliphatic heterocycles. The molecule has 1 aromatic heterocycles. The lowest BCUT2D eigenvalue weighted by Gasteiger charge is -2.43. The summed E-state index contributed by atoms with van der Waals surface area (Å²) < 4.78 is 34.4. The number of amides is 1. The van der Waals surface area contributed by atoms with Gasteiger partial charge in [0.15, 0.2) is 0 Å². The first-order chi connectivity index (χ1) is 16.0.